The van der Waals surface area contributed by atoms with Crippen molar-refractivity contribution < 1.29 is 34.8 Å². The standard InChI is InChI=1S/C11H10O6/c12-9(13)5-6-17-11(16)8-4-2-1-3-7(8)10(14)15/h1-4H,5-6H2,(H,12,13)(H,14,15)/i1D,2D,3D,4D. The molecule has 90 valence electrons. The summed E-state index contributed by atoms with van der Waals surface area (Å²) in [5.74, 6) is -4.27. The molecule has 0 aromatic heterocycles. The molecule has 0 fully saturated rings. The van der Waals surface area contributed by atoms with Crippen LogP contribution >= 0.6 is 0 Å². The molecule has 6 nitrogen and oxygen atoms in total. The van der Waals surface area contributed by atoms with E-state index in [1.807, 2.05) is 0 Å². The lowest BCUT2D eigenvalue weighted by Gasteiger charge is -2.05. The Morgan fingerprint density at radius 1 is 1.18 bits per heavy atom. The Kier molecular flexibility index (Phi) is 2.60. The minimum atomic E-state index is -1.72. The van der Waals surface area contributed by atoms with Gasteiger partial charge in [-0.2, -0.15) is 0 Å². The quantitative estimate of drug-likeness (QED) is 0.747. The van der Waals surface area contributed by atoms with Gasteiger partial charge in [-0.3, -0.25) is 4.79 Å². The first-order valence-electron chi connectivity index (χ1n) is 6.41. The van der Waals surface area contributed by atoms with E-state index in [4.69, 9.17) is 15.7 Å². The minimum absolute atomic E-state index is 0.514. The molecule has 0 saturated carbocycles. The third kappa shape index (κ3) is 3.60. The van der Waals surface area contributed by atoms with Crippen molar-refractivity contribution in [2.75, 3.05) is 6.61 Å². The monoisotopic (exact) mass is 242 g/mol. The molecular weight excluding hydrogens is 228 g/mol. The van der Waals surface area contributed by atoms with Crippen LogP contribution in [-0.2, 0) is 9.53 Å². The molecule has 0 saturated heterocycles. The van der Waals surface area contributed by atoms with Crippen LogP contribution in [0.4, 0.5) is 0 Å². The number of benzene rings is 1. The first-order valence-corrected chi connectivity index (χ1v) is 4.41. The largest absolute Gasteiger partial charge is 0.481 e. The SMILES string of the molecule is [2H]c1c([2H])c([2H])c(C(=O)OCCC(=O)O)c(C(=O)O)c1[2H]. The molecule has 1 rings (SSSR count). The van der Waals surface area contributed by atoms with E-state index in [0.717, 1.165) is 0 Å². The Labute approximate surface area is 102 Å². The summed E-state index contributed by atoms with van der Waals surface area (Å²) in [6.45, 7) is -0.546. The van der Waals surface area contributed by atoms with E-state index in [-0.39, 0.29) is 0 Å². The summed E-state index contributed by atoms with van der Waals surface area (Å²) >= 11 is 0. The molecule has 1 aromatic rings. The molecule has 0 bridgehead atoms. The highest BCUT2D eigenvalue weighted by molar-refractivity contribution is 6.02. The highest BCUT2D eigenvalue weighted by Gasteiger charge is 2.16. The predicted molar refractivity (Wildman–Crippen MR) is 55.9 cm³/mol. The van der Waals surface area contributed by atoms with Crippen molar-refractivity contribution in [3.63, 3.8) is 0 Å². The molecule has 2 N–H and O–H groups in total. The number of aliphatic carboxylic acids is 1. The van der Waals surface area contributed by atoms with Gasteiger partial charge in [0.1, 0.15) is 6.61 Å². The average Bonchev–Trinajstić information content (AvgIpc) is 2.39. The molecular formula is C11H10O6. The van der Waals surface area contributed by atoms with Gasteiger partial charge < -0.3 is 14.9 Å². The Balaban J connectivity index is 3.30. The van der Waals surface area contributed by atoms with Crippen LogP contribution in [0.5, 0.6) is 0 Å². The molecule has 0 aliphatic rings. The molecule has 0 aliphatic carbocycles. The fourth-order valence-corrected chi connectivity index (χ4v) is 0.929. The van der Waals surface area contributed by atoms with E-state index in [0.29, 0.717) is 0 Å². The van der Waals surface area contributed by atoms with Crippen LogP contribution in [0.2, 0.25) is 0 Å². The van der Waals surface area contributed by atoms with Crippen molar-refractivity contribution >= 4 is 17.9 Å². The zero-order valence-corrected chi connectivity index (χ0v) is 8.44. The smallest absolute Gasteiger partial charge is 0.339 e. The van der Waals surface area contributed by atoms with Crippen LogP contribution < -0.4 is 0 Å². The number of rotatable bonds is 5. The molecule has 0 heterocycles. The van der Waals surface area contributed by atoms with Crippen LogP contribution in [0.25, 0.3) is 0 Å². The highest BCUT2D eigenvalue weighted by Crippen LogP contribution is 2.10. The summed E-state index contributed by atoms with van der Waals surface area (Å²) in [5.41, 5.74) is -1.75. The van der Waals surface area contributed by atoms with Crippen molar-refractivity contribution in [3.05, 3.63) is 35.3 Å². The van der Waals surface area contributed by atoms with Crippen LogP contribution in [0.3, 0.4) is 0 Å². The molecule has 17 heavy (non-hydrogen) atoms. The van der Waals surface area contributed by atoms with Gasteiger partial charge in [-0.15, -0.1) is 0 Å². The lowest BCUT2D eigenvalue weighted by molar-refractivity contribution is -0.137. The number of aromatic carboxylic acids is 1. The van der Waals surface area contributed by atoms with Crippen LogP contribution in [0.1, 0.15) is 32.6 Å². The lowest BCUT2D eigenvalue weighted by Crippen LogP contribution is -2.13. The first kappa shape index (κ1) is 7.83. The number of hydrogen-bond acceptors (Lipinski definition) is 4. The molecule has 6 heteroatoms. The van der Waals surface area contributed by atoms with E-state index in [9.17, 15) is 14.4 Å². The van der Waals surface area contributed by atoms with Crippen molar-refractivity contribution in [1.82, 2.24) is 0 Å². The van der Waals surface area contributed by atoms with Gasteiger partial charge in [0.2, 0.25) is 0 Å². The van der Waals surface area contributed by atoms with Crippen molar-refractivity contribution in [3.8, 4) is 0 Å². The molecule has 0 unspecified atom stereocenters. The van der Waals surface area contributed by atoms with Crippen molar-refractivity contribution in [2.24, 2.45) is 0 Å². The minimum Gasteiger partial charge on any atom is -0.481 e. The average molecular weight is 242 g/mol. The van der Waals surface area contributed by atoms with Gasteiger partial charge in [0.05, 0.1) is 23.0 Å². The van der Waals surface area contributed by atoms with Crippen molar-refractivity contribution in [1.29, 1.82) is 0 Å². The third-order valence-electron chi connectivity index (χ3n) is 1.65. The zero-order valence-electron chi connectivity index (χ0n) is 12.4. The second-order valence-corrected chi connectivity index (χ2v) is 2.83. The van der Waals surface area contributed by atoms with E-state index < -0.39 is 66.2 Å². The Hall–Kier alpha value is -2.37. The van der Waals surface area contributed by atoms with Crippen LogP contribution in [-0.4, -0.2) is 34.7 Å². The summed E-state index contributed by atoms with van der Waals surface area (Å²) in [6, 6.07) is -3.31. The summed E-state index contributed by atoms with van der Waals surface area (Å²) in [4.78, 5) is 33.2. The maximum absolute atomic E-state index is 11.8. The molecule has 0 aliphatic heterocycles. The number of hydrogen-bond donors (Lipinski definition) is 2. The topological polar surface area (TPSA) is 101 Å². The number of carboxylic acid groups (broad SMARTS) is 2. The van der Waals surface area contributed by atoms with E-state index >= 15 is 0 Å². The normalized spacial score (nSPS) is 12.9. The van der Waals surface area contributed by atoms with Gasteiger partial charge in [-0.05, 0) is 12.1 Å². The fourth-order valence-electron chi connectivity index (χ4n) is 0.929. The molecule has 0 spiro atoms. The second kappa shape index (κ2) is 5.64. The van der Waals surface area contributed by atoms with Crippen LogP contribution in [0.15, 0.2) is 24.2 Å². The predicted octanol–water partition coefficient (Wildman–Crippen LogP) is 1.02. The number of carbonyl (C=O) groups is 3. The molecule has 1 aromatic carbocycles. The van der Waals surface area contributed by atoms with E-state index in [1.165, 1.54) is 0 Å². The molecule has 0 radical (unpaired) electrons. The zero-order chi connectivity index (χ0) is 16.3. The van der Waals surface area contributed by atoms with E-state index in [1.54, 1.807) is 0 Å². The Morgan fingerprint density at radius 3 is 2.29 bits per heavy atom. The Bertz CT molecular complexity index is 628. The Morgan fingerprint density at radius 2 is 1.76 bits per heavy atom. The lowest BCUT2D eigenvalue weighted by atomic mass is 10.1. The number of esters is 1. The van der Waals surface area contributed by atoms with Crippen LogP contribution in [0, 0.1) is 0 Å². The fraction of sp³-hybridized carbons (Fsp3) is 0.182. The number of carboxylic acids is 2. The summed E-state index contributed by atoms with van der Waals surface area (Å²) in [6.07, 6.45) is -0.514. The highest BCUT2D eigenvalue weighted by atomic mass is 16.5. The number of carbonyl (C=O) groups excluding carboxylic acids is 1. The summed E-state index contributed by atoms with van der Waals surface area (Å²) < 4.78 is 34.3. The third-order valence-corrected chi connectivity index (χ3v) is 1.65. The van der Waals surface area contributed by atoms with Gasteiger partial charge in [0.25, 0.3) is 0 Å². The molecule has 0 amide bonds. The van der Waals surface area contributed by atoms with Crippen molar-refractivity contribution in [2.45, 2.75) is 6.42 Å². The van der Waals surface area contributed by atoms with Gasteiger partial charge >= 0.3 is 17.9 Å². The van der Waals surface area contributed by atoms with Gasteiger partial charge in [-0.25, -0.2) is 9.59 Å². The summed E-state index contributed by atoms with van der Waals surface area (Å²) in [7, 11) is 0. The van der Waals surface area contributed by atoms with E-state index in [2.05, 4.69) is 4.74 Å². The second-order valence-electron chi connectivity index (χ2n) is 2.83. The maximum Gasteiger partial charge on any atom is 0.339 e. The van der Waals surface area contributed by atoms with Gasteiger partial charge in [0.15, 0.2) is 0 Å². The van der Waals surface area contributed by atoms with Gasteiger partial charge in [0, 0.05) is 0 Å². The first-order chi connectivity index (χ1) is 9.68. The maximum atomic E-state index is 11.8. The van der Waals surface area contributed by atoms with Gasteiger partial charge in [-0.1, -0.05) is 12.1 Å². The molecule has 0 atom stereocenters. The summed E-state index contributed by atoms with van der Waals surface area (Å²) in [5, 5.41) is 17.4. The number of ether oxygens (including phenoxy) is 1.